The van der Waals surface area contributed by atoms with E-state index in [9.17, 15) is 59.1 Å². The van der Waals surface area contributed by atoms with Crippen molar-refractivity contribution in [2.45, 2.75) is 133 Å². The Bertz CT molecular complexity index is 2620. The van der Waals surface area contributed by atoms with Gasteiger partial charge in [0, 0.05) is 23.6 Å². The average molecular weight is 943 g/mol. The highest BCUT2D eigenvalue weighted by molar-refractivity contribution is 6.03. The number of esters is 2. The normalized spacial score (nSPS) is 33.1. The summed E-state index contributed by atoms with van der Waals surface area (Å²) in [6.07, 6.45) is 11.3. The molecule has 0 spiro atoms. The molecule has 0 amide bonds. The molecule has 9 atom stereocenters. The molecule has 16 heteroatoms. The fourth-order valence-corrected chi connectivity index (χ4v) is 13.7. The van der Waals surface area contributed by atoms with Gasteiger partial charge in [0.15, 0.2) is 29.3 Å². The Labute approximate surface area is 394 Å². The summed E-state index contributed by atoms with van der Waals surface area (Å²) in [6, 6.07) is 1.13. The van der Waals surface area contributed by atoms with Gasteiger partial charge < -0.3 is 44.8 Å². The number of carbonyl (C=O) groups is 7. The first-order chi connectivity index (χ1) is 31.5. The summed E-state index contributed by atoms with van der Waals surface area (Å²) in [7, 11) is 0. The number of phenols is 2. The highest BCUT2D eigenvalue weighted by Gasteiger charge is 2.70. The number of aromatic hydroxyl groups is 2. The number of aromatic carboxylic acids is 1. The number of aryl methyl sites for hydroxylation is 1. The Hall–Kier alpha value is -6.03. The van der Waals surface area contributed by atoms with Gasteiger partial charge in [-0.1, -0.05) is 47.1 Å². The van der Waals surface area contributed by atoms with E-state index < -0.39 is 81.6 Å². The Morgan fingerprint density at radius 2 is 1.50 bits per heavy atom. The lowest BCUT2D eigenvalue weighted by molar-refractivity contribution is -0.202. The second kappa shape index (κ2) is 16.9. The first kappa shape index (κ1) is 49.9. The van der Waals surface area contributed by atoms with E-state index in [1.807, 2.05) is 13.0 Å². The monoisotopic (exact) mass is 942 g/mol. The van der Waals surface area contributed by atoms with Gasteiger partial charge in [-0.2, -0.15) is 0 Å². The van der Waals surface area contributed by atoms with Crippen molar-refractivity contribution >= 4 is 41.9 Å². The molecule has 68 heavy (non-hydrogen) atoms. The lowest BCUT2D eigenvalue weighted by atomic mass is 9.33. The third-order valence-electron chi connectivity index (χ3n) is 17.9. The number of carboxylic acids is 3. The van der Waals surface area contributed by atoms with Gasteiger partial charge in [0.05, 0.1) is 22.6 Å². The number of aliphatic carboxylic acids is 2. The zero-order chi connectivity index (χ0) is 50.4. The molecule has 4 saturated carbocycles. The van der Waals surface area contributed by atoms with Crippen molar-refractivity contribution < 1.29 is 78.4 Å². The van der Waals surface area contributed by atoms with Crippen molar-refractivity contribution in [1.29, 1.82) is 0 Å². The quantitative estimate of drug-likeness (QED) is 0.0656. The maximum absolute atomic E-state index is 14.2. The van der Waals surface area contributed by atoms with Crippen molar-refractivity contribution in [3.05, 3.63) is 63.2 Å². The number of phenolic OH excluding ortho intramolecular Hbond substituents is 1. The van der Waals surface area contributed by atoms with Crippen LogP contribution in [0.15, 0.2) is 29.9 Å². The molecule has 2 aromatic carbocycles. The number of aldehydes is 1. The number of hydrogen-bond acceptors (Lipinski definition) is 13. The van der Waals surface area contributed by atoms with Gasteiger partial charge in [0.1, 0.15) is 29.2 Å². The average Bonchev–Trinajstić information content (AvgIpc) is 3.39. The highest BCUT2D eigenvalue weighted by Crippen LogP contribution is 2.75. The van der Waals surface area contributed by atoms with Gasteiger partial charge in [0.2, 0.25) is 0 Å². The summed E-state index contributed by atoms with van der Waals surface area (Å²) in [4.78, 5) is 85.1. The molecule has 6 aliphatic rings. The van der Waals surface area contributed by atoms with Gasteiger partial charge in [0.25, 0.3) is 0 Å². The molecule has 16 nitrogen and oxygen atoms in total. The van der Waals surface area contributed by atoms with Crippen LogP contribution in [0, 0.1) is 64.1 Å². The largest absolute Gasteiger partial charge is 0.507 e. The molecule has 2 aromatic rings. The van der Waals surface area contributed by atoms with E-state index in [2.05, 4.69) is 41.5 Å². The number of fused-ring (bicyclic) bond motifs is 9. The van der Waals surface area contributed by atoms with Crippen LogP contribution in [0.25, 0.3) is 0 Å². The predicted octanol–water partition coefficient (Wildman–Crippen LogP) is 8.65. The van der Waals surface area contributed by atoms with Crippen LogP contribution in [-0.4, -0.2) is 78.7 Å². The van der Waals surface area contributed by atoms with E-state index in [0.29, 0.717) is 24.5 Å². The molecule has 4 fully saturated rings. The first-order valence-electron chi connectivity index (χ1n) is 23.1. The summed E-state index contributed by atoms with van der Waals surface area (Å²) >= 11 is 0. The Morgan fingerprint density at radius 1 is 0.838 bits per heavy atom. The molecule has 9 unspecified atom stereocenters. The van der Waals surface area contributed by atoms with Gasteiger partial charge in [-0.25, -0.2) is 19.2 Å². The minimum absolute atomic E-state index is 0.0296. The number of hydrogen-bond donors (Lipinski definition) is 6. The summed E-state index contributed by atoms with van der Waals surface area (Å²) in [5, 5.41) is 59.8. The number of aliphatic hydroxyl groups is 1. The topological polar surface area (TPSA) is 269 Å². The minimum Gasteiger partial charge on any atom is -0.507 e. The Morgan fingerprint density at radius 3 is 2.12 bits per heavy atom. The van der Waals surface area contributed by atoms with Crippen molar-refractivity contribution in [3.63, 3.8) is 0 Å². The fraction of sp³-hybridized carbons (Fsp3) is 0.558. The summed E-state index contributed by atoms with van der Waals surface area (Å²) in [5.74, 6) is -7.85. The molecule has 8 rings (SSSR count). The van der Waals surface area contributed by atoms with Crippen molar-refractivity contribution in [2.24, 2.45) is 50.2 Å². The fourth-order valence-electron chi connectivity index (χ4n) is 13.7. The van der Waals surface area contributed by atoms with Crippen molar-refractivity contribution in [2.75, 3.05) is 0 Å². The van der Waals surface area contributed by atoms with Crippen LogP contribution in [0.2, 0.25) is 0 Å². The zero-order valence-electron chi connectivity index (χ0n) is 40.0. The number of allylic oxidation sites excluding steroid dienone is 2. The SMILES string of the molecule is CC1(C(=O)O)CCC2(C)CCC3(C)C(=CC(=O)C4C5(C)CCC(O)C(C)(C)C5CCC43C)C2C1.Cc1cc(O)c(C=O)c2c1C(=O)Oc1c(COC(=O)C=CC(=O)O)c(O)c(C(=O)O)c(C)c1O2. The van der Waals surface area contributed by atoms with Gasteiger partial charge in [-0.15, -0.1) is 0 Å². The van der Waals surface area contributed by atoms with Crippen LogP contribution < -0.4 is 9.47 Å². The Kier molecular flexibility index (Phi) is 12.4. The molecule has 0 aromatic heterocycles. The van der Waals surface area contributed by atoms with Crippen molar-refractivity contribution in [3.8, 4) is 28.7 Å². The lowest BCUT2D eigenvalue weighted by Gasteiger charge is -2.70. The molecule has 5 aliphatic carbocycles. The smallest absolute Gasteiger partial charge is 0.347 e. The number of aliphatic hydroxyl groups excluding tert-OH is 1. The summed E-state index contributed by atoms with van der Waals surface area (Å²) in [6.45, 7) is 17.7. The van der Waals surface area contributed by atoms with Crippen LogP contribution in [-0.2, 0) is 30.5 Å². The van der Waals surface area contributed by atoms with Crippen LogP contribution in [0.4, 0.5) is 0 Å². The number of rotatable bonds is 7. The van der Waals surface area contributed by atoms with Crippen LogP contribution >= 0.6 is 0 Å². The van der Waals surface area contributed by atoms with Gasteiger partial charge in [-0.3, -0.25) is 14.4 Å². The van der Waals surface area contributed by atoms with Crippen LogP contribution in [0.3, 0.4) is 0 Å². The number of ether oxygens (including phenoxy) is 3. The first-order valence-corrected chi connectivity index (χ1v) is 23.1. The number of ketones is 1. The van der Waals surface area contributed by atoms with E-state index >= 15 is 0 Å². The minimum atomic E-state index is -1.60. The molecule has 1 aliphatic heterocycles. The van der Waals surface area contributed by atoms with Gasteiger partial charge >= 0.3 is 29.8 Å². The Balaban J connectivity index is 0.000000201. The van der Waals surface area contributed by atoms with E-state index in [0.717, 1.165) is 57.4 Å². The van der Waals surface area contributed by atoms with Crippen LogP contribution in [0.1, 0.15) is 154 Å². The summed E-state index contributed by atoms with van der Waals surface area (Å²) < 4.78 is 15.9. The van der Waals surface area contributed by atoms with Crippen molar-refractivity contribution in [1.82, 2.24) is 0 Å². The highest BCUT2D eigenvalue weighted by atomic mass is 16.6. The lowest BCUT2D eigenvalue weighted by Crippen LogP contribution is -2.66. The van der Waals surface area contributed by atoms with Crippen LogP contribution in [0.5, 0.6) is 28.7 Å². The summed E-state index contributed by atoms with van der Waals surface area (Å²) in [5.41, 5.74) is -1.66. The molecule has 0 saturated heterocycles. The molecule has 0 radical (unpaired) electrons. The zero-order valence-corrected chi connectivity index (χ0v) is 40.0. The molecule has 1 heterocycles. The number of carboxylic acid groups (broad SMARTS) is 3. The standard InChI is InChI=1S/C30H46O4.C22H16O12/c1-25(2)21-8-11-30(7)23(28(21,5)10-9-22(25)32)20(31)16-18-19-17-27(4,24(33)34)13-12-26(19,3)14-15-29(18,30)6;1-8-5-12(24)10(6-23)19-15(8)22(31)34-20-11(7-32-14(27)4-3-13(25)26)17(28)16(21(29)30)9(2)18(20)33-19/h16,19,21-23,32H,8-15,17H2,1-7H3,(H,33,34);3-6,24,28H,7H2,1-2H3,(H,25,26)(H,29,30). The third-order valence-corrected chi connectivity index (χ3v) is 17.9. The predicted molar refractivity (Wildman–Crippen MR) is 243 cm³/mol. The second-order valence-corrected chi connectivity index (χ2v) is 21.9. The third kappa shape index (κ3) is 7.57. The maximum atomic E-state index is 14.2. The van der Waals surface area contributed by atoms with E-state index in [1.54, 1.807) is 0 Å². The van der Waals surface area contributed by atoms with E-state index in [1.165, 1.54) is 19.4 Å². The maximum Gasteiger partial charge on any atom is 0.347 e. The second-order valence-electron chi connectivity index (χ2n) is 21.9. The number of benzene rings is 2. The molecule has 6 N–H and O–H groups in total. The molecular formula is C52H62O16. The molecular weight excluding hydrogens is 881 g/mol. The number of carbonyl (C=O) groups excluding carboxylic acids is 4. The van der Waals surface area contributed by atoms with E-state index in [-0.39, 0.29) is 79.5 Å². The van der Waals surface area contributed by atoms with E-state index in [4.69, 9.17) is 19.3 Å². The molecule has 366 valence electrons. The molecule has 0 bridgehead atoms. The van der Waals surface area contributed by atoms with Gasteiger partial charge in [-0.05, 0) is 135 Å².